The maximum absolute atomic E-state index is 6.26. The van der Waals surface area contributed by atoms with Crippen LogP contribution in [-0.4, -0.2) is 12.7 Å². The van der Waals surface area contributed by atoms with Gasteiger partial charge in [-0.3, -0.25) is 0 Å². The summed E-state index contributed by atoms with van der Waals surface area (Å²) in [7, 11) is 1.87. The Bertz CT molecular complexity index is 535. The fraction of sp³-hybridized carbons (Fsp3) is 0.600. The van der Waals surface area contributed by atoms with Crippen molar-refractivity contribution < 1.29 is 4.74 Å². The number of methoxy groups -OCH3 is 1. The fourth-order valence-corrected chi connectivity index (χ4v) is 3.84. The van der Waals surface area contributed by atoms with Crippen molar-refractivity contribution >= 4 is 0 Å². The summed E-state index contributed by atoms with van der Waals surface area (Å²) in [4.78, 5) is 0. The molecule has 1 heteroatoms. The lowest BCUT2D eigenvalue weighted by molar-refractivity contribution is -0.0624. The Kier molecular flexibility index (Phi) is 4.10. The first-order valence-corrected chi connectivity index (χ1v) is 7.97. The van der Waals surface area contributed by atoms with Crippen LogP contribution >= 0.6 is 0 Å². The highest BCUT2D eigenvalue weighted by Crippen LogP contribution is 2.54. The normalized spacial score (nSPS) is 26.5. The summed E-state index contributed by atoms with van der Waals surface area (Å²) in [5.74, 6) is 0. The van der Waals surface area contributed by atoms with E-state index in [1.54, 1.807) is 0 Å². The highest BCUT2D eigenvalue weighted by molar-refractivity contribution is 5.45. The molecule has 0 fully saturated rings. The molecule has 0 saturated heterocycles. The molecule has 0 heterocycles. The molecule has 2 aliphatic carbocycles. The minimum absolute atomic E-state index is 0.0505. The van der Waals surface area contributed by atoms with Crippen LogP contribution in [0.4, 0.5) is 0 Å². The number of rotatable bonds is 3. The van der Waals surface area contributed by atoms with E-state index in [2.05, 4.69) is 71.9 Å². The maximum Gasteiger partial charge on any atom is 0.102 e. The third-order valence-corrected chi connectivity index (χ3v) is 5.18. The number of hydrogen-bond acceptors (Lipinski definition) is 1. The van der Waals surface area contributed by atoms with E-state index in [0.717, 1.165) is 12.8 Å². The highest BCUT2D eigenvalue weighted by atomic mass is 16.5. The third-order valence-electron chi connectivity index (χ3n) is 5.18. The van der Waals surface area contributed by atoms with Crippen LogP contribution in [0.2, 0.25) is 0 Å². The standard InChI is InChI=1S/C20H30O/c1-15-12-13-20(21-7,17(14-15)18(2,3)4)19(5,6)16-10-8-9-11-16/h8,10-12,14H,9,13H2,1-7H3. The van der Waals surface area contributed by atoms with Gasteiger partial charge in [0.2, 0.25) is 0 Å². The van der Waals surface area contributed by atoms with E-state index in [-0.39, 0.29) is 16.4 Å². The highest BCUT2D eigenvalue weighted by Gasteiger charge is 2.52. The van der Waals surface area contributed by atoms with Gasteiger partial charge in [0, 0.05) is 12.5 Å². The van der Waals surface area contributed by atoms with Crippen molar-refractivity contribution in [3.8, 4) is 0 Å². The van der Waals surface area contributed by atoms with Gasteiger partial charge < -0.3 is 4.74 Å². The van der Waals surface area contributed by atoms with Gasteiger partial charge >= 0.3 is 0 Å². The molecule has 2 rings (SSSR count). The summed E-state index contributed by atoms with van der Waals surface area (Å²) < 4.78 is 6.26. The summed E-state index contributed by atoms with van der Waals surface area (Å²) in [5, 5.41) is 0. The van der Waals surface area contributed by atoms with Crippen LogP contribution in [0.25, 0.3) is 0 Å². The molecule has 2 aliphatic rings. The Balaban J connectivity index is 2.60. The molecule has 0 radical (unpaired) electrons. The minimum atomic E-state index is -0.273. The van der Waals surface area contributed by atoms with Crippen LogP contribution in [-0.2, 0) is 4.74 Å². The van der Waals surface area contributed by atoms with Crippen LogP contribution in [0.1, 0.15) is 54.4 Å². The zero-order valence-electron chi connectivity index (χ0n) is 14.7. The molecule has 1 atom stereocenters. The molecule has 0 amide bonds. The Hall–Kier alpha value is -1.08. The first-order chi connectivity index (χ1) is 9.65. The summed E-state index contributed by atoms with van der Waals surface area (Å²) in [6.45, 7) is 13.7. The second kappa shape index (κ2) is 5.28. The molecular weight excluding hydrogens is 256 g/mol. The molecule has 0 bridgehead atoms. The molecule has 21 heavy (non-hydrogen) atoms. The minimum Gasteiger partial charge on any atom is -0.373 e. The van der Waals surface area contributed by atoms with Gasteiger partial charge in [0.05, 0.1) is 0 Å². The molecule has 0 aromatic rings. The average molecular weight is 286 g/mol. The molecule has 0 spiro atoms. The van der Waals surface area contributed by atoms with E-state index in [1.165, 1.54) is 16.7 Å². The van der Waals surface area contributed by atoms with Crippen molar-refractivity contribution in [1.29, 1.82) is 0 Å². The summed E-state index contributed by atoms with van der Waals surface area (Å²) in [6, 6.07) is 0. The summed E-state index contributed by atoms with van der Waals surface area (Å²) in [5.41, 5.74) is 3.91. The Labute approximate surface area is 130 Å². The molecule has 0 saturated carbocycles. The van der Waals surface area contributed by atoms with Gasteiger partial charge in [-0.15, -0.1) is 0 Å². The molecule has 116 valence electrons. The Morgan fingerprint density at radius 1 is 1.10 bits per heavy atom. The SMILES string of the molecule is COC1(C(C)(C)C2=CCC=C2)CC=C(C)C=C1C(C)(C)C. The molecule has 1 nitrogen and oxygen atoms in total. The van der Waals surface area contributed by atoms with Gasteiger partial charge in [-0.05, 0) is 36.3 Å². The largest absolute Gasteiger partial charge is 0.373 e. The van der Waals surface area contributed by atoms with E-state index in [0.29, 0.717) is 0 Å². The summed E-state index contributed by atoms with van der Waals surface area (Å²) in [6.07, 6.45) is 13.5. The smallest absolute Gasteiger partial charge is 0.102 e. The van der Waals surface area contributed by atoms with Gasteiger partial charge in [0.1, 0.15) is 5.60 Å². The first kappa shape index (κ1) is 16.3. The molecule has 0 aliphatic heterocycles. The maximum atomic E-state index is 6.26. The number of ether oxygens (including phenoxy) is 1. The Morgan fingerprint density at radius 3 is 2.24 bits per heavy atom. The van der Waals surface area contributed by atoms with Gasteiger partial charge in [-0.1, -0.05) is 70.6 Å². The monoisotopic (exact) mass is 286 g/mol. The quantitative estimate of drug-likeness (QED) is 0.655. The second-order valence-corrected chi connectivity index (χ2v) is 7.91. The van der Waals surface area contributed by atoms with Crippen LogP contribution < -0.4 is 0 Å². The van der Waals surface area contributed by atoms with Crippen molar-refractivity contribution in [1.82, 2.24) is 0 Å². The lowest BCUT2D eigenvalue weighted by Crippen LogP contribution is -2.52. The molecule has 0 aromatic carbocycles. The van der Waals surface area contributed by atoms with Crippen LogP contribution in [0.15, 0.2) is 47.1 Å². The fourth-order valence-electron chi connectivity index (χ4n) is 3.84. The van der Waals surface area contributed by atoms with Crippen molar-refractivity contribution in [2.24, 2.45) is 10.8 Å². The van der Waals surface area contributed by atoms with Crippen LogP contribution in [0.5, 0.6) is 0 Å². The van der Waals surface area contributed by atoms with E-state index in [1.807, 2.05) is 7.11 Å². The molecule has 0 aromatic heterocycles. The van der Waals surface area contributed by atoms with Gasteiger partial charge in [0.15, 0.2) is 0 Å². The van der Waals surface area contributed by atoms with E-state index in [4.69, 9.17) is 4.74 Å². The van der Waals surface area contributed by atoms with Crippen LogP contribution in [0, 0.1) is 10.8 Å². The van der Waals surface area contributed by atoms with E-state index < -0.39 is 0 Å². The molecule has 0 N–H and O–H groups in total. The van der Waals surface area contributed by atoms with E-state index in [9.17, 15) is 0 Å². The predicted octanol–water partition coefficient (Wildman–Crippen LogP) is 5.61. The van der Waals surface area contributed by atoms with Crippen LogP contribution in [0.3, 0.4) is 0 Å². The average Bonchev–Trinajstić information content (AvgIpc) is 2.92. The van der Waals surface area contributed by atoms with Gasteiger partial charge in [-0.25, -0.2) is 0 Å². The zero-order valence-corrected chi connectivity index (χ0v) is 14.7. The topological polar surface area (TPSA) is 9.23 Å². The second-order valence-electron chi connectivity index (χ2n) is 7.91. The lowest BCUT2D eigenvalue weighted by atomic mass is 9.58. The first-order valence-electron chi connectivity index (χ1n) is 7.97. The Morgan fingerprint density at radius 2 is 1.76 bits per heavy atom. The van der Waals surface area contributed by atoms with Crippen molar-refractivity contribution in [2.45, 2.75) is 60.0 Å². The number of hydrogen-bond donors (Lipinski definition) is 0. The van der Waals surface area contributed by atoms with Crippen molar-refractivity contribution in [3.05, 3.63) is 47.1 Å². The van der Waals surface area contributed by atoms with Crippen molar-refractivity contribution in [3.63, 3.8) is 0 Å². The lowest BCUT2D eigenvalue weighted by Gasteiger charge is -2.52. The third kappa shape index (κ3) is 2.57. The number of allylic oxidation sites excluding steroid dienone is 5. The summed E-state index contributed by atoms with van der Waals surface area (Å²) >= 11 is 0. The zero-order chi connectivity index (χ0) is 15.9. The molecule has 1 unspecified atom stereocenters. The molecular formula is C20H30O. The van der Waals surface area contributed by atoms with Crippen molar-refractivity contribution in [2.75, 3.05) is 7.11 Å². The van der Waals surface area contributed by atoms with E-state index >= 15 is 0 Å². The predicted molar refractivity (Wildman–Crippen MR) is 91.3 cm³/mol. The van der Waals surface area contributed by atoms with Gasteiger partial charge in [-0.2, -0.15) is 0 Å². The van der Waals surface area contributed by atoms with Gasteiger partial charge in [0.25, 0.3) is 0 Å².